The van der Waals surface area contributed by atoms with Crippen LogP contribution in [0, 0.1) is 0 Å². The Bertz CT molecular complexity index is 260. The number of ether oxygens (including phenoxy) is 1. The molecule has 4 heteroatoms. The number of rotatable bonds is 6. The summed E-state index contributed by atoms with van der Waals surface area (Å²) >= 11 is 5.57. The molecule has 0 spiro atoms. The smallest absolute Gasteiger partial charge is 0.194 e. The Labute approximate surface area is 89.4 Å². The predicted octanol–water partition coefficient (Wildman–Crippen LogP) is 2.77. The van der Waals surface area contributed by atoms with Gasteiger partial charge < -0.3 is 9.15 Å². The van der Waals surface area contributed by atoms with E-state index in [4.69, 9.17) is 20.8 Å². The number of oxazole rings is 1. The average molecular weight is 218 g/mol. The van der Waals surface area contributed by atoms with E-state index in [1.54, 1.807) is 6.20 Å². The molecule has 0 saturated carbocycles. The largest absolute Gasteiger partial charge is 0.443 e. The molecule has 0 amide bonds. The first-order valence-corrected chi connectivity index (χ1v) is 5.37. The normalized spacial score (nSPS) is 11.1. The van der Waals surface area contributed by atoms with Crippen LogP contribution in [0.4, 0.5) is 0 Å². The quantitative estimate of drug-likeness (QED) is 0.688. The SMILES string of the molecule is CC(C)OCc1cnc(CCCCl)o1. The lowest BCUT2D eigenvalue weighted by atomic mass is 10.3. The van der Waals surface area contributed by atoms with E-state index >= 15 is 0 Å². The maximum atomic E-state index is 5.57. The molecule has 0 saturated heterocycles. The van der Waals surface area contributed by atoms with E-state index in [1.807, 2.05) is 13.8 Å². The van der Waals surface area contributed by atoms with E-state index < -0.39 is 0 Å². The van der Waals surface area contributed by atoms with Crippen LogP contribution in [-0.4, -0.2) is 17.0 Å². The first-order valence-electron chi connectivity index (χ1n) is 4.83. The van der Waals surface area contributed by atoms with Crippen molar-refractivity contribution in [3.8, 4) is 0 Å². The predicted molar refractivity (Wildman–Crippen MR) is 55.5 cm³/mol. The Balaban J connectivity index is 2.35. The van der Waals surface area contributed by atoms with Gasteiger partial charge in [0.25, 0.3) is 0 Å². The fourth-order valence-electron chi connectivity index (χ4n) is 0.997. The summed E-state index contributed by atoms with van der Waals surface area (Å²) in [5.41, 5.74) is 0. The Morgan fingerprint density at radius 1 is 1.57 bits per heavy atom. The van der Waals surface area contributed by atoms with Crippen LogP contribution >= 0.6 is 11.6 Å². The van der Waals surface area contributed by atoms with Gasteiger partial charge in [-0.05, 0) is 20.3 Å². The number of aryl methyl sites for hydroxylation is 1. The van der Waals surface area contributed by atoms with Crippen molar-refractivity contribution in [1.29, 1.82) is 0 Å². The van der Waals surface area contributed by atoms with E-state index in [0.717, 1.165) is 24.5 Å². The average Bonchev–Trinajstić information content (AvgIpc) is 2.59. The van der Waals surface area contributed by atoms with E-state index in [0.29, 0.717) is 12.5 Å². The van der Waals surface area contributed by atoms with Crippen LogP contribution in [0.3, 0.4) is 0 Å². The molecule has 0 unspecified atom stereocenters. The molecule has 0 aliphatic carbocycles. The molecule has 3 nitrogen and oxygen atoms in total. The van der Waals surface area contributed by atoms with E-state index in [-0.39, 0.29) is 6.10 Å². The molecule has 80 valence electrons. The molecule has 0 N–H and O–H groups in total. The molecule has 1 rings (SSSR count). The summed E-state index contributed by atoms with van der Waals surface area (Å²) in [5, 5.41) is 0. The third kappa shape index (κ3) is 4.11. The van der Waals surface area contributed by atoms with Crippen molar-refractivity contribution in [2.24, 2.45) is 0 Å². The lowest BCUT2D eigenvalue weighted by Crippen LogP contribution is -2.01. The second-order valence-electron chi connectivity index (χ2n) is 3.37. The topological polar surface area (TPSA) is 35.3 Å². The van der Waals surface area contributed by atoms with Crippen LogP contribution in [0.2, 0.25) is 0 Å². The second kappa shape index (κ2) is 6.04. The summed E-state index contributed by atoms with van der Waals surface area (Å²) in [6.45, 7) is 4.47. The molecule has 0 aliphatic rings. The minimum atomic E-state index is 0.214. The number of hydrogen-bond acceptors (Lipinski definition) is 3. The first-order chi connectivity index (χ1) is 6.72. The summed E-state index contributed by atoms with van der Waals surface area (Å²) in [6, 6.07) is 0. The molecule has 14 heavy (non-hydrogen) atoms. The molecular formula is C10H16ClNO2. The van der Waals surface area contributed by atoms with Crippen LogP contribution in [0.5, 0.6) is 0 Å². The van der Waals surface area contributed by atoms with Gasteiger partial charge in [0.1, 0.15) is 12.4 Å². The highest BCUT2D eigenvalue weighted by Gasteiger charge is 2.04. The summed E-state index contributed by atoms with van der Waals surface area (Å²) in [7, 11) is 0. The Morgan fingerprint density at radius 2 is 2.36 bits per heavy atom. The van der Waals surface area contributed by atoms with Crippen molar-refractivity contribution in [2.45, 2.75) is 39.4 Å². The van der Waals surface area contributed by atoms with Crippen LogP contribution in [0.1, 0.15) is 31.9 Å². The van der Waals surface area contributed by atoms with Crippen molar-refractivity contribution in [3.05, 3.63) is 17.8 Å². The summed E-state index contributed by atoms with van der Waals surface area (Å²) in [5.74, 6) is 2.16. The van der Waals surface area contributed by atoms with Crippen molar-refractivity contribution in [3.63, 3.8) is 0 Å². The van der Waals surface area contributed by atoms with Gasteiger partial charge in [-0.2, -0.15) is 0 Å². The number of aromatic nitrogens is 1. The second-order valence-corrected chi connectivity index (χ2v) is 3.75. The molecule has 1 aromatic heterocycles. The molecular weight excluding hydrogens is 202 g/mol. The maximum Gasteiger partial charge on any atom is 0.194 e. The number of alkyl halides is 1. The highest BCUT2D eigenvalue weighted by molar-refractivity contribution is 6.17. The van der Waals surface area contributed by atoms with Crippen molar-refractivity contribution < 1.29 is 9.15 Å². The lowest BCUT2D eigenvalue weighted by molar-refractivity contribution is 0.0539. The Hall–Kier alpha value is -0.540. The zero-order valence-electron chi connectivity index (χ0n) is 8.62. The summed E-state index contributed by atoms with van der Waals surface area (Å²) in [4.78, 5) is 4.13. The number of halogens is 1. The van der Waals surface area contributed by atoms with Gasteiger partial charge in [0.2, 0.25) is 0 Å². The zero-order valence-corrected chi connectivity index (χ0v) is 9.38. The van der Waals surface area contributed by atoms with Gasteiger partial charge in [0, 0.05) is 12.3 Å². The van der Waals surface area contributed by atoms with Gasteiger partial charge in [0.05, 0.1) is 12.3 Å². The molecule has 0 bridgehead atoms. The van der Waals surface area contributed by atoms with Gasteiger partial charge in [0.15, 0.2) is 5.89 Å². The van der Waals surface area contributed by atoms with Gasteiger partial charge in [-0.1, -0.05) is 0 Å². The molecule has 0 aliphatic heterocycles. The van der Waals surface area contributed by atoms with Crippen molar-refractivity contribution in [2.75, 3.05) is 5.88 Å². The van der Waals surface area contributed by atoms with Crippen molar-refractivity contribution >= 4 is 11.6 Å². The highest BCUT2D eigenvalue weighted by Crippen LogP contribution is 2.08. The molecule has 0 atom stereocenters. The van der Waals surface area contributed by atoms with E-state index in [9.17, 15) is 0 Å². The Morgan fingerprint density at radius 3 is 3.00 bits per heavy atom. The fraction of sp³-hybridized carbons (Fsp3) is 0.700. The van der Waals surface area contributed by atoms with Crippen LogP contribution in [-0.2, 0) is 17.8 Å². The minimum Gasteiger partial charge on any atom is -0.443 e. The molecule has 0 aromatic carbocycles. The first kappa shape index (κ1) is 11.5. The van der Waals surface area contributed by atoms with Gasteiger partial charge in [-0.15, -0.1) is 11.6 Å². The van der Waals surface area contributed by atoms with Crippen LogP contribution < -0.4 is 0 Å². The molecule has 1 heterocycles. The van der Waals surface area contributed by atoms with E-state index in [2.05, 4.69) is 4.98 Å². The van der Waals surface area contributed by atoms with Gasteiger partial charge >= 0.3 is 0 Å². The van der Waals surface area contributed by atoms with Crippen LogP contribution in [0.25, 0.3) is 0 Å². The zero-order chi connectivity index (χ0) is 10.4. The number of nitrogens with zero attached hydrogens (tertiary/aromatic N) is 1. The van der Waals surface area contributed by atoms with E-state index in [1.165, 1.54) is 0 Å². The standard InChI is InChI=1S/C10H16ClNO2/c1-8(2)13-7-9-6-12-10(14-9)4-3-5-11/h6,8H,3-5,7H2,1-2H3. The number of hydrogen-bond donors (Lipinski definition) is 0. The minimum absolute atomic E-state index is 0.214. The lowest BCUT2D eigenvalue weighted by Gasteiger charge is -2.03. The summed E-state index contributed by atoms with van der Waals surface area (Å²) < 4.78 is 10.8. The maximum absolute atomic E-state index is 5.57. The molecule has 1 aromatic rings. The molecule has 0 radical (unpaired) electrons. The monoisotopic (exact) mass is 217 g/mol. The van der Waals surface area contributed by atoms with Crippen molar-refractivity contribution in [1.82, 2.24) is 4.98 Å². The van der Waals surface area contributed by atoms with Crippen LogP contribution in [0.15, 0.2) is 10.6 Å². The Kier molecular flexibility index (Phi) is 4.98. The third-order valence-electron chi connectivity index (χ3n) is 1.68. The fourth-order valence-corrected chi connectivity index (χ4v) is 1.13. The van der Waals surface area contributed by atoms with Gasteiger partial charge in [-0.25, -0.2) is 4.98 Å². The summed E-state index contributed by atoms with van der Waals surface area (Å²) in [6.07, 6.45) is 3.62. The highest BCUT2D eigenvalue weighted by atomic mass is 35.5. The third-order valence-corrected chi connectivity index (χ3v) is 1.95. The molecule has 0 fully saturated rings. The van der Waals surface area contributed by atoms with Gasteiger partial charge in [-0.3, -0.25) is 0 Å².